The molecule has 0 bridgehead atoms. The summed E-state index contributed by atoms with van der Waals surface area (Å²) in [6.07, 6.45) is 0. The molecular weight excluding hydrogens is 274 g/mol. The molecule has 0 heterocycles. The lowest BCUT2D eigenvalue weighted by Gasteiger charge is -2.08. The van der Waals surface area contributed by atoms with Gasteiger partial charge in [-0.05, 0) is 23.8 Å². The van der Waals surface area contributed by atoms with Crippen LogP contribution in [-0.4, -0.2) is 16.0 Å². The van der Waals surface area contributed by atoms with Crippen molar-refractivity contribution in [3.8, 4) is 0 Å². The molecule has 0 radical (unpaired) electrons. The summed E-state index contributed by atoms with van der Waals surface area (Å²) < 4.78 is 5.12. The number of hydrogen-bond donors (Lipinski definition) is 1. The van der Waals surface area contributed by atoms with Gasteiger partial charge in [0.05, 0.1) is 17.1 Å². The van der Waals surface area contributed by atoms with Crippen LogP contribution in [0.25, 0.3) is 0 Å². The molecule has 0 saturated carbocycles. The summed E-state index contributed by atoms with van der Waals surface area (Å²) in [5.41, 5.74) is 1.18. The van der Waals surface area contributed by atoms with Crippen LogP contribution in [0.15, 0.2) is 48.5 Å². The lowest BCUT2D eigenvalue weighted by Crippen LogP contribution is -2.07. The molecule has 1 N–H and O–H groups in total. The van der Waals surface area contributed by atoms with Gasteiger partial charge in [-0.15, -0.1) is 0 Å². The van der Waals surface area contributed by atoms with E-state index in [-0.39, 0.29) is 18.9 Å². The van der Waals surface area contributed by atoms with Crippen molar-refractivity contribution >= 4 is 11.7 Å². The van der Waals surface area contributed by atoms with E-state index in [1.165, 1.54) is 18.2 Å². The highest BCUT2D eigenvalue weighted by Gasteiger charge is 2.13. The van der Waals surface area contributed by atoms with Gasteiger partial charge in [-0.2, -0.15) is 0 Å². The molecule has 2 aromatic carbocycles. The lowest BCUT2D eigenvalue weighted by atomic mass is 10.1. The van der Waals surface area contributed by atoms with Crippen LogP contribution in [0.5, 0.6) is 0 Å². The van der Waals surface area contributed by atoms with Gasteiger partial charge >= 0.3 is 5.97 Å². The molecule has 0 aromatic heterocycles. The SMILES string of the molecule is O=C(OCc1cc([N+](=O)[O-])ccc1CO)c1ccccc1. The molecule has 0 fully saturated rings. The average Bonchev–Trinajstić information content (AvgIpc) is 2.53. The molecule has 0 spiro atoms. The first-order valence-electron chi connectivity index (χ1n) is 6.21. The van der Waals surface area contributed by atoms with Crippen LogP contribution >= 0.6 is 0 Å². The van der Waals surface area contributed by atoms with E-state index in [4.69, 9.17) is 4.74 Å². The van der Waals surface area contributed by atoms with Crippen LogP contribution in [0.4, 0.5) is 5.69 Å². The second-order valence-corrected chi connectivity index (χ2v) is 4.31. The van der Waals surface area contributed by atoms with Gasteiger partial charge in [0.25, 0.3) is 5.69 Å². The smallest absolute Gasteiger partial charge is 0.338 e. The largest absolute Gasteiger partial charge is 0.457 e. The predicted octanol–water partition coefficient (Wildman–Crippen LogP) is 2.44. The van der Waals surface area contributed by atoms with E-state index < -0.39 is 10.9 Å². The van der Waals surface area contributed by atoms with Crippen molar-refractivity contribution in [2.75, 3.05) is 0 Å². The number of nitro groups is 1. The minimum Gasteiger partial charge on any atom is -0.457 e. The van der Waals surface area contributed by atoms with Crippen LogP contribution in [0, 0.1) is 10.1 Å². The van der Waals surface area contributed by atoms with Gasteiger partial charge < -0.3 is 9.84 Å². The van der Waals surface area contributed by atoms with Gasteiger partial charge in [0.2, 0.25) is 0 Å². The molecule has 108 valence electrons. The molecule has 2 aromatic rings. The molecule has 21 heavy (non-hydrogen) atoms. The van der Waals surface area contributed by atoms with Crippen LogP contribution in [-0.2, 0) is 18.0 Å². The van der Waals surface area contributed by atoms with Gasteiger partial charge in [-0.3, -0.25) is 10.1 Å². The Morgan fingerprint density at radius 1 is 1.14 bits per heavy atom. The van der Waals surface area contributed by atoms with Crippen molar-refractivity contribution in [2.45, 2.75) is 13.2 Å². The molecule has 0 aliphatic carbocycles. The molecule has 0 aliphatic heterocycles. The van der Waals surface area contributed by atoms with E-state index in [0.717, 1.165) is 0 Å². The number of ether oxygens (including phenoxy) is 1. The molecule has 2 rings (SSSR count). The van der Waals surface area contributed by atoms with Crippen LogP contribution in [0.1, 0.15) is 21.5 Å². The summed E-state index contributed by atoms with van der Waals surface area (Å²) in [7, 11) is 0. The van der Waals surface area contributed by atoms with Crippen molar-refractivity contribution in [2.24, 2.45) is 0 Å². The highest BCUT2D eigenvalue weighted by Crippen LogP contribution is 2.19. The van der Waals surface area contributed by atoms with Crippen molar-refractivity contribution in [3.63, 3.8) is 0 Å². The second kappa shape index (κ2) is 6.62. The van der Waals surface area contributed by atoms with E-state index in [0.29, 0.717) is 16.7 Å². The number of hydrogen-bond acceptors (Lipinski definition) is 5. The Balaban J connectivity index is 2.13. The topological polar surface area (TPSA) is 89.7 Å². The molecule has 0 aliphatic rings. The normalized spacial score (nSPS) is 10.1. The lowest BCUT2D eigenvalue weighted by molar-refractivity contribution is -0.385. The molecule has 6 heteroatoms. The fraction of sp³-hybridized carbons (Fsp3) is 0.133. The predicted molar refractivity (Wildman–Crippen MR) is 74.6 cm³/mol. The molecule has 0 saturated heterocycles. The Labute approximate surface area is 120 Å². The van der Waals surface area contributed by atoms with Gasteiger partial charge in [-0.1, -0.05) is 18.2 Å². The third-order valence-corrected chi connectivity index (χ3v) is 2.94. The number of aliphatic hydroxyl groups excluding tert-OH is 1. The number of aliphatic hydroxyl groups is 1. The maximum atomic E-state index is 11.8. The maximum absolute atomic E-state index is 11.8. The third kappa shape index (κ3) is 3.64. The Bertz CT molecular complexity index is 654. The summed E-state index contributed by atoms with van der Waals surface area (Å²) in [6.45, 7) is -0.415. The first-order valence-corrected chi connectivity index (χ1v) is 6.21. The average molecular weight is 287 g/mol. The Morgan fingerprint density at radius 2 is 1.86 bits per heavy atom. The fourth-order valence-electron chi connectivity index (χ4n) is 1.82. The number of benzene rings is 2. The van der Waals surface area contributed by atoms with E-state index in [9.17, 15) is 20.0 Å². The Morgan fingerprint density at radius 3 is 2.48 bits per heavy atom. The number of carbonyl (C=O) groups is 1. The standard InChI is InChI=1S/C15H13NO5/c17-9-12-6-7-14(16(19)20)8-13(12)10-21-15(18)11-4-2-1-3-5-11/h1-8,17H,9-10H2. The Hall–Kier alpha value is -2.73. The van der Waals surface area contributed by atoms with Crippen molar-refractivity contribution in [1.82, 2.24) is 0 Å². The number of carbonyl (C=O) groups excluding carboxylic acids is 1. The zero-order valence-corrected chi connectivity index (χ0v) is 11.1. The number of nitrogens with zero attached hydrogens (tertiary/aromatic N) is 1. The number of rotatable bonds is 5. The Kier molecular flexibility index (Phi) is 4.63. The van der Waals surface area contributed by atoms with Crippen molar-refractivity contribution < 1.29 is 19.6 Å². The molecule has 0 atom stereocenters. The second-order valence-electron chi connectivity index (χ2n) is 4.31. The van der Waals surface area contributed by atoms with Gasteiger partial charge in [0, 0.05) is 17.7 Å². The molecule has 0 amide bonds. The number of nitro benzene ring substituents is 1. The first kappa shape index (κ1) is 14.7. The third-order valence-electron chi connectivity index (χ3n) is 2.94. The summed E-state index contributed by atoms with van der Waals surface area (Å²) in [5, 5.41) is 20.0. The summed E-state index contributed by atoms with van der Waals surface area (Å²) in [6, 6.07) is 12.5. The van der Waals surface area contributed by atoms with Crippen LogP contribution in [0.3, 0.4) is 0 Å². The van der Waals surface area contributed by atoms with Crippen molar-refractivity contribution in [1.29, 1.82) is 0 Å². The highest BCUT2D eigenvalue weighted by molar-refractivity contribution is 5.89. The minimum absolute atomic E-state index is 0.113. The monoisotopic (exact) mass is 287 g/mol. The maximum Gasteiger partial charge on any atom is 0.338 e. The summed E-state index contributed by atoms with van der Waals surface area (Å²) in [5.74, 6) is -0.522. The van der Waals surface area contributed by atoms with Crippen LogP contribution in [0.2, 0.25) is 0 Å². The van der Waals surface area contributed by atoms with E-state index >= 15 is 0 Å². The zero-order chi connectivity index (χ0) is 15.2. The highest BCUT2D eigenvalue weighted by atomic mass is 16.6. The summed E-state index contributed by atoms with van der Waals surface area (Å²) in [4.78, 5) is 22.0. The molecule has 0 unspecified atom stereocenters. The number of non-ortho nitro benzene ring substituents is 1. The van der Waals surface area contributed by atoms with Crippen molar-refractivity contribution in [3.05, 3.63) is 75.3 Å². The van der Waals surface area contributed by atoms with E-state index in [2.05, 4.69) is 0 Å². The quantitative estimate of drug-likeness (QED) is 0.518. The van der Waals surface area contributed by atoms with E-state index in [1.807, 2.05) is 0 Å². The zero-order valence-electron chi connectivity index (χ0n) is 11.1. The van der Waals surface area contributed by atoms with Gasteiger partial charge in [-0.25, -0.2) is 4.79 Å². The minimum atomic E-state index is -0.538. The number of esters is 1. The fourth-order valence-corrected chi connectivity index (χ4v) is 1.82. The first-order chi connectivity index (χ1) is 10.1. The van der Waals surface area contributed by atoms with Gasteiger partial charge in [0.1, 0.15) is 6.61 Å². The molecular formula is C15H13NO5. The van der Waals surface area contributed by atoms with Gasteiger partial charge in [0.15, 0.2) is 0 Å². The van der Waals surface area contributed by atoms with Crippen LogP contribution < -0.4 is 0 Å². The van der Waals surface area contributed by atoms with E-state index in [1.54, 1.807) is 30.3 Å². The molecule has 6 nitrogen and oxygen atoms in total. The summed E-state index contributed by atoms with van der Waals surface area (Å²) >= 11 is 0.